The molecule has 0 amide bonds. The maximum atomic E-state index is 6.76. The summed E-state index contributed by atoms with van der Waals surface area (Å²) in [5.74, 6) is 0.299. The maximum Gasteiger partial charge on any atom is 0.159 e. The van der Waals surface area contributed by atoms with Crippen molar-refractivity contribution in [3.05, 3.63) is 192 Å². The van der Waals surface area contributed by atoms with Crippen LogP contribution in [-0.2, 0) is 10.8 Å². The highest BCUT2D eigenvalue weighted by atomic mass is 16.3. The number of hydrogen-bond acceptors (Lipinski definition) is 2. The average molecular weight is 735 g/mol. The third-order valence-corrected chi connectivity index (χ3v) is 13.7. The van der Waals surface area contributed by atoms with E-state index in [-0.39, 0.29) is 10.8 Å². The number of hydrogen-bond donors (Lipinski definition) is 0. The largest absolute Gasteiger partial charge is 0.454 e. The number of allylic oxidation sites excluding steroid dienone is 4. The van der Waals surface area contributed by atoms with Crippen molar-refractivity contribution in [2.24, 2.45) is 5.92 Å². The van der Waals surface area contributed by atoms with Gasteiger partial charge in [-0.15, -0.1) is 0 Å². The molecule has 0 saturated carbocycles. The quantitative estimate of drug-likeness (QED) is 0.180. The highest BCUT2D eigenvalue weighted by Crippen LogP contribution is 2.57. The van der Waals surface area contributed by atoms with Gasteiger partial charge < -0.3 is 13.9 Å². The number of aromatic nitrogens is 1. The monoisotopic (exact) mass is 734 g/mol. The molecule has 3 nitrogen and oxygen atoms in total. The molecule has 2 aromatic heterocycles. The minimum atomic E-state index is -0.115. The number of fused-ring (bicyclic) bond motifs is 12. The van der Waals surface area contributed by atoms with Crippen molar-refractivity contribution in [3.63, 3.8) is 0 Å². The lowest BCUT2D eigenvalue weighted by molar-refractivity contribution is 0.406. The summed E-state index contributed by atoms with van der Waals surface area (Å²) in [6, 6.07) is 55.9. The van der Waals surface area contributed by atoms with Crippen LogP contribution in [0.15, 0.2) is 174 Å². The summed E-state index contributed by atoms with van der Waals surface area (Å²) in [5, 5.41) is 4.86. The van der Waals surface area contributed by atoms with Crippen molar-refractivity contribution in [2.75, 3.05) is 4.90 Å². The lowest BCUT2D eigenvalue weighted by Gasteiger charge is -2.36. The summed E-state index contributed by atoms with van der Waals surface area (Å²) in [4.78, 5) is 2.50. The van der Waals surface area contributed by atoms with Crippen molar-refractivity contribution in [1.82, 2.24) is 4.57 Å². The van der Waals surface area contributed by atoms with Gasteiger partial charge in [-0.1, -0.05) is 137 Å². The molecule has 0 N–H and O–H groups in total. The third kappa shape index (κ3) is 4.43. The van der Waals surface area contributed by atoms with Gasteiger partial charge in [0.15, 0.2) is 5.58 Å². The molecule has 274 valence electrons. The lowest BCUT2D eigenvalue weighted by atomic mass is 9.73. The molecular formula is C54H42N2O. The molecule has 3 aliphatic rings. The Hall–Kier alpha value is -6.58. The van der Waals surface area contributed by atoms with E-state index in [4.69, 9.17) is 4.42 Å². The predicted molar refractivity (Wildman–Crippen MR) is 238 cm³/mol. The summed E-state index contributed by atoms with van der Waals surface area (Å²) in [5.41, 5.74) is 18.4. The topological polar surface area (TPSA) is 21.3 Å². The second-order valence-electron chi connectivity index (χ2n) is 17.3. The van der Waals surface area contributed by atoms with Gasteiger partial charge >= 0.3 is 0 Å². The molecule has 1 unspecified atom stereocenters. The van der Waals surface area contributed by atoms with Gasteiger partial charge in [-0.25, -0.2) is 0 Å². The van der Waals surface area contributed by atoms with Crippen LogP contribution >= 0.6 is 0 Å². The summed E-state index contributed by atoms with van der Waals surface area (Å²) in [7, 11) is 0. The first-order valence-electron chi connectivity index (χ1n) is 20.3. The van der Waals surface area contributed by atoms with Crippen LogP contribution in [0.5, 0.6) is 0 Å². The molecule has 1 atom stereocenters. The molecule has 7 aromatic carbocycles. The second-order valence-corrected chi connectivity index (χ2v) is 17.3. The fourth-order valence-corrected chi connectivity index (χ4v) is 10.8. The molecule has 0 fully saturated rings. The van der Waals surface area contributed by atoms with E-state index in [9.17, 15) is 0 Å². The van der Waals surface area contributed by atoms with E-state index in [0.717, 1.165) is 39.7 Å². The standard InChI is InChI=1S/C54H42N2O/c1-53(2)44-19-9-5-14-36(44)37-27-24-33(30-45(37)53)55(50-22-13-18-43-42-17-8-12-23-51(42)57-52(43)50)34-25-28-38-39-29-26-35(32-47(39)54(3,4)46(38)31-34)56-48-20-10-6-15-40(48)41-16-7-11-21-49(41)56/h5-30,32,46H,31H2,1-4H3. The van der Waals surface area contributed by atoms with Crippen LogP contribution in [0.3, 0.4) is 0 Å². The molecule has 2 heterocycles. The van der Waals surface area contributed by atoms with E-state index in [1.165, 1.54) is 72.1 Å². The van der Waals surface area contributed by atoms with Crippen LogP contribution < -0.4 is 4.90 Å². The first kappa shape index (κ1) is 32.6. The van der Waals surface area contributed by atoms with E-state index in [1.54, 1.807) is 0 Å². The highest BCUT2D eigenvalue weighted by molar-refractivity contribution is 6.10. The van der Waals surface area contributed by atoms with E-state index < -0.39 is 0 Å². The van der Waals surface area contributed by atoms with Crippen molar-refractivity contribution in [3.8, 4) is 16.8 Å². The minimum Gasteiger partial charge on any atom is -0.454 e. The molecule has 0 bridgehead atoms. The number of rotatable bonds is 4. The predicted octanol–water partition coefficient (Wildman–Crippen LogP) is 14.4. The molecule has 3 aliphatic carbocycles. The maximum absolute atomic E-state index is 6.76. The van der Waals surface area contributed by atoms with Crippen molar-refractivity contribution < 1.29 is 4.42 Å². The van der Waals surface area contributed by atoms with E-state index in [1.807, 2.05) is 0 Å². The zero-order valence-electron chi connectivity index (χ0n) is 32.7. The van der Waals surface area contributed by atoms with Gasteiger partial charge in [0.2, 0.25) is 0 Å². The SMILES string of the molecule is CC1(C)c2ccccc2-c2ccc(N(C3=CC=C4c5ccc(-n6c7ccccc7c7ccccc76)cc5C(C)(C)C4C3)c3cccc4c3oc3ccccc34)cc21. The van der Waals surface area contributed by atoms with Gasteiger partial charge in [0.05, 0.1) is 16.7 Å². The molecule has 57 heavy (non-hydrogen) atoms. The highest BCUT2D eigenvalue weighted by Gasteiger charge is 2.45. The number of nitrogens with zero attached hydrogens (tertiary/aromatic N) is 2. The van der Waals surface area contributed by atoms with Gasteiger partial charge in [-0.3, -0.25) is 0 Å². The Morgan fingerprint density at radius 2 is 1.23 bits per heavy atom. The van der Waals surface area contributed by atoms with Crippen molar-refractivity contribution in [2.45, 2.75) is 44.9 Å². The van der Waals surface area contributed by atoms with Gasteiger partial charge in [-0.05, 0) is 111 Å². The number of benzene rings is 7. The molecule has 9 aromatic rings. The second kappa shape index (κ2) is 11.5. The summed E-state index contributed by atoms with van der Waals surface area (Å²) < 4.78 is 9.21. The van der Waals surface area contributed by atoms with Crippen LogP contribution in [0.25, 0.3) is 66.1 Å². The first-order chi connectivity index (χ1) is 27.8. The van der Waals surface area contributed by atoms with Crippen LogP contribution in [-0.4, -0.2) is 4.57 Å². The summed E-state index contributed by atoms with van der Waals surface area (Å²) >= 11 is 0. The van der Waals surface area contributed by atoms with E-state index in [0.29, 0.717) is 5.92 Å². The van der Waals surface area contributed by atoms with Crippen molar-refractivity contribution >= 4 is 60.7 Å². The fourth-order valence-electron chi connectivity index (χ4n) is 10.8. The van der Waals surface area contributed by atoms with Gasteiger partial charge in [0, 0.05) is 44.0 Å². The fraction of sp³-hybridized carbons (Fsp3) is 0.148. The van der Waals surface area contributed by atoms with E-state index >= 15 is 0 Å². The smallest absolute Gasteiger partial charge is 0.159 e. The van der Waals surface area contributed by atoms with Crippen LogP contribution in [0.2, 0.25) is 0 Å². The average Bonchev–Trinajstić information content (AvgIpc) is 3.92. The molecule has 12 rings (SSSR count). The number of anilines is 2. The summed E-state index contributed by atoms with van der Waals surface area (Å²) in [6.07, 6.45) is 5.69. The van der Waals surface area contributed by atoms with Crippen LogP contribution in [0.4, 0.5) is 11.4 Å². The normalized spacial score (nSPS) is 17.4. The third-order valence-electron chi connectivity index (χ3n) is 13.7. The molecule has 0 aliphatic heterocycles. The van der Waals surface area contributed by atoms with Crippen LogP contribution in [0, 0.1) is 5.92 Å². The Kier molecular flexibility index (Phi) is 6.58. The van der Waals surface area contributed by atoms with Gasteiger partial charge in [0.1, 0.15) is 5.58 Å². The van der Waals surface area contributed by atoms with Crippen LogP contribution in [0.1, 0.15) is 56.4 Å². The Balaban J connectivity index is 1.02. The number of furan rings is 1. The molecule has 0 saturated heterocycles. The Morgan fingerprint density at radius 1 is 0.561 bits per heavy atom. The Bertz CT molecular complexity index is 3180. The van der Waals surface area contributed by atoms with E-state index in [2.05, 4.69) is 201 Å². The zero-order valence-corrected chi connectivity index (χ0v) is 32.7. The Labute approximate surface area is 332 Å². The van der Waals surface area contributed by atoms with Gasteiger partial charge in [0.25, 0.3) is 0 Å². The zero-order chi connectivity index (χ0) is 38.2. The number of para-hydroxylation sites is 4. The molecule has 0 spiro atoms. The molecular weight excluding hydrogens is 693 g/mol. The minimum absolute atomic E-state index is 0.103. The molecule has 3 heteroatoms. The lowest BCUT2D eigenvalue weighted by Crippen LogP contribution is -2.29. The summed E-state index contributed by atoms with van der Waals surface area (Å²) in [6.45, 7) is 9.64. The Morgan fingerprint density at radius 3 is 2.04 bits per heavy atom. The van der Waals surface area contributed by atoms with Gasteiger partial charge in [-0.2, -0.15) is 0 Å². The molecule has 0 radical (unpaired) electrons. The first-order valence-corrected chi connectivity index (χ1v) is 20.3. The van der Waals surface area contributed by atoms with Crippen molar-refractivity contribution in [1.29, 1.82) is 0 Å².